The first-order chi connectivity index (χ1) is 23.9. The Kier molecular flexibility index (Phi) is 12.7. The van der Waals surface area contributed by atoms with Crippen LogP contribution < -0.4 is 10.1 Å². The van der Waals surface area contributed by atoms with E-state index in [0.717, 1.165) is 46.6 Å². The molecule has 2 heterocycles. The van der Waals surface area contributed by atoms with E-state index in [1.165, 1.54) is 32.8 Å². The van der Waals surface area contributed by atoms with Crippen LogP contribution in [0.1, 0.15) is 50.2 Å². The minimum atomic E-state index is -0.883. The van der Waals surface area contributed by atoms with Gasteiger partial charge in [0.05, 0.1) is 19.6 Å². The lowest BCUT2D eigenvalue weighted by Crippen LogP contribution is -2.59. The van der Waals surface area contributed by atoms with Crippen LogP contribution in [-0.4, -0.2) is 65.7 Å². The zero-order valence-electron chi connectivity index (χ0n) is 28.2. The fraction of sp³-hybridized carbons (Fsp3) is 0.359. The van der Waals surface area contributed by atoms with E-state index in [2.05, 4.69) is 22.2 Å². The molecule has 5 rings (SSSR count). The van der Waals surface area contributed by atoms with Crippen molar-refractivity contribution in [3.63, 3.8) is 0 Å². The fourth-order valence-corrected chi connectivity index (χ4v) is 5.59. The highest BCUT2D eigenvalue weighted by Crippen LogP contribution is 2.24. The smallest absolute Gasteiger partial charge is 0.408 e. The number of rotatable bonds is 16. The van der Waals surface area contributed by atoms with Gasteiger partial charge in [0.2, 0.25) is 5.91 Å². The first-order valence-electron chi connectivity index (χ1n) is 16.9. The largest absolute Gasteiger partial charge is 0.494 e. The van der Waals surface area contributed by atoms with Gasteiger partial charge in [-0.25, -0.2) is 14.8 Å². The Bertz CT molecular complexity index is 1640. The average molecular weight is 665 g/mol. The molecule has 1 unspecified atom stereocenters. The van der Waals surface area contributed by atoms with Gasteiger partial charge in [-0.15, -0.1) is 0 Å². The van der Waals surface area contributed by atoms with Crippen LogP contribution >= 0.6 is 0 Å². The molecule has 0 bridgehead atoms. The van der Waals surface area contributed by atoms with Crippen LogP contribution in [0.25, 0.3) is 22.5 Å². The third-order valence-electron chi connectivity index (χ3n) is 8.54. The molecule has 256 valence electrons. The Labute approximate surface area is 287 Å². The molecule has 1 atom stereocenters. The van der Waals surface area contributed by atoms with Crippen LogP contribution in [0.2, 0.25) is 0 Å². The fourth-order valence-electron chi connectivity index (χ4n) is 5.59. The van der Waals surface area contributed by atoms with E-state index in [-0.39, 0.29) is 43.9 Å². The molecule has 1 fully saturated rings. The van der Waals surface area contributed by atoms with Gasteiger partial charge < -0.3 is 24.4 Å². The number of unbranched alkanes of at least 4 members (excludes halogenated alkanes) is 4. The van der Waals surface area contributed by atoms with Gasteiger partial charge in [-0.3, -0.25) is 9.59 Å². The number of amides is 2. The number of alkyl carbamates (subject to hydrolysis) is 1. The lowest BCUT2D eigenvalue weighted by molar-refractivity contribution is -0.156. The predicted octanol–water partition coefficient (Wildman–Crippen LogP) is 6.63. The summed E-state index contributed by atoms with van der Waals surface area (Å²) in [7, 11) is 1.33. The number of hydrogen-bond acceptors (Lipinski definition) is 8. The van der Waals surface area contributed by atoms with Crippen molar-refractivity contribution in [3.05, 3.63) is 102 Å². The number of likely N-dealkylation sites (tertiary alicyclic amines) is 1. The van der Waals surface area contributed by atoms with Gasteiger partial charge in [0.1, 0.15) is 18.4 Å². The summed E-state index contributed by atoms with van der Waals surface area (Å²) in [5.74, 6) is 0.418. The van der Waals surface area contributed by atoms with Gasteiger partial charge in [0.25, 0.3) is 0 Å². The summed E-state index contributed by atoms with van der Waals surface area (Å²) in [4.78, 5) is 48.8. The van der Waals surface area contributed by atoms with E-state index in [1.54, 1.807) is 17.3 Å². The van der Waals surface area contributed by atoms with Crippen molar-refractivity contribution in [3.8, 4) is 28.3 Å². The molecule has 1 saturated heterocycles. The molecule has 1 aliphatic heterocycles. The summed E-state index contributed by atoms with van der Waals surface area (Å²) in [6.45, 7) is 3.50. The Morgan fingerprint density at radius 3 is 2.16 bits per heavy atom. The van der Waals surface area contributed by atoms with E-state index >= 15 is 0 Å². The molecular weight excluding hydrogens is 620 g/mol. The summed E-state index contributed by atoms with van der Waals surface area (Å²) >= 11 is 0. The maximum Gasteiger partial charge on any atom is 0.408 e. The van der Waals surface area contributed by atoms with Crippen molar-refractivity contribution < 1.29 is 28.6 Å². The van der Waals surface area contributed by atoms with Gasteiger partial charge in [0.15, 0.2) is 5.82 Å². The van der Waals surface area contributed by atoms with Crippen molar-refractivity contribution in [1.82, 2.24) is 20.2 Å². The second-order valence-corrected chi connectivity index (χ2v) is 12.2. The number of nitrogens with zero attached hydrogens (tertiary/aromatic N) is 3. The van der Waals surface area contributed by atoms with E-state index in [4.69, 9.17) is 14.2 Å². The minimum absolute atomic E-state index is 0.0776. The van der Waals surface area contributed by atoms with Gasteiger partial charge in [-0.05, 0) is 35.2 Å². The van der Waals surface area contributed by atoms with Gasteiger partial charge in [-0.1, -0.05) is 99.3 Å². The normalized spacial score (nSPS) is 13.2. The number of aromatic nitrogens is 2. The van der Waals surface area contributed by atoms with Crippen LogP contribution in [0.5, 0.6) is 5.75 Å². The molecule has 3 aromatic carbocycles. The highest BCUT2D eigenvalue weighted by Gasteiger charge is 2.39. The van der Waals surface area contributed by atoms with Crippen molar-refractivity contribution in [2.45, 2.75) is 58.1 Å². The monoisotopic (exact) mass is 664 g/mol. The molecule has 49 heavy (non-hydrogen) atoms. The van der Waals surface area contributed by atoms with Crippen molar-refractivity contribution in [2.75, 3.05) is 26.8 Å². The first kappa shape index (κ1) is 35.1. The standard InChI is InChI=1S/C39H44N4O6/c1-3-4-5-6-10-21-48-34-19-17-30(18-20-34)32-23-40-36(41-24-32)31-15-13-28(14-16-31)22-35(37(44)43-25-33(26-43)38(45)47-2)42-39(46)49-27-29-11-8-7-9-12-29/h7-9,11-20,23-24,33,35H,3-6,10,21-22,25-27H2,1-2H3,(H,42,46). The van der Waals surface area contributed by atoms with E-state index in [9.17, 15) is 14.4 Å². The third kappa shape index (κ3) is 10.1. The molecular formula is C39H44N4O6. The molecule has 0 radical (unpaired) electrons. The number of hydrogen-bond donors (Lipinski definition) is 1. The van der Waals surface area contributed by atoms with Crippen molar-refractivity contribution in [1.29, 1.82) is 0 Å². The van der Waals surface area contributed by atoms with Crippen LogP contribution in [0.15, 0.2) is 91.3 Å². The molecule has 2 amide bonds. The van der Waals surface area contributed by atoms with Gasteiger partial charge in [-0.2, -0.15) is 0 Å². The summed E-state index contributed by atoms with van der Waals surface area (Å²) in [5.41, 5.74) is 4.39. The zero-order chi connectivity index (χ0) is 34.4. The van der Waals surface area contributed by atoms with Gasteiger partial charge in [0, 0.05) is 43.0 Å². The molecule has 10 heteroatoms. The molecule has 1 aromatic heterocycles. The maximum absolute atomic E-state index is 13.4. The molecule has 0 aliphatic carbocycles. The topological polar surface area (TPSA) is 120 Å². The molecule has 10 nitrogen and oxygen atoms in total. The summed E-state index contributed by atoms with van der Waals surface area (Å²) in [5, 5.41) is 2.73. The lowest BCUT2D eigenvalue weighted by atomic mass is 9.97. The highest BCUT2D eigenvalue weighted by atomic mass is 16.5. The SMILES string of the molecule is CCCCCCCOc1ccc(-c2cnc(-c3ccc(CC(NC(=O)OCc4ccccc4)C(=O)N4CC(C(=O)OC)C4)cc3)nc2)cc1. The second kappa shape index (κ2) is 17.8. The third-order valence-corrected chi connectivity index (χ3v) is 8.54. The van der Waals surface area contributed by atoms with Gasteiger partial charge >= 0.3 is 12.1 Å². The minimum Gasteiger partial charge on any atom is -0.494 e. The van der Waals surface area contributed by atoms with Crippen LogP contribution in [0, 0.1) is 5.92 Å². The van der Waals surface area contributed by atoms with E-state index in [1.807, 2.05) is 78.9 Å². The molecule has 0 saturated carbocycles. The lowest BCUT2D eigenvalue weighted by Gasteiger charge is -2.39. The first-order valence-corrected chi connectivity index (χ1v) is 16.9. The number of nitrogens with one attached hydrogen (secondary N) is 1. The average Bonchev–Trinajstić information content (AvgIpc) is 3.12. The molecule has 0 spiro atoms. The Balaban J connectivity index is 1.18. The van der Waals surface area contributed by atoms with E-state index in [0.29, 0.717) is 5.82 Å². The number of carbonyl (C=O) groups excluding carboxylic acids is 3. The highest BCUT2D eigenvalue weighted by molar-refractivity contribution is 5.88. The number of esters is 1. The maximum atomic E-state index is 13.4. The molecule has 4 aromatic rings. The number of carbonyl (C=O) groups is 3. The molecule has 1 aliphatic rings. The van der Waals surface area contributed by atoms with Crippen LogP contribution in [-0.2, 0) is 32.1 Å². The summed E-state index contributed by atoms with van der Waals surface area (Å²) in [6, 6.07) is 24.0. The summed E-state index contributed by atoms with van der Waals surface area (Å²) < 4.78 is 16.1. The number of methoxy groups -OCH3 is 1. The van der Waals surface area contributed by atoms with Crippen LogP contribution in [0.3, 0.4) is 0 Å². The number of ether oxygens (including phenoxy) is 3. The van der Waals surface area contributed by atoms with Crippen LogP contribution in [0.4, 0.5) is 4.79 Å². The van der Waals surface area contributed by atoms with E-state index < -0.39 is 12.1 Å². The Hall–Kier alpha value is -5.25. The van der Waals surface area contributed by atoms with Crippen molar-refractivity contribution in [2.24, 2.45) is 5.92 Å². The predicted molar refractivity (Wildman–Crippen MR) is 186 cm³/mol. The van der Waals surface area contributed by atoms with Crippen molar-refractivity contribution >= 4 is 18.0 Å². The molecule has 1 N–H and O–H groups in total. The Morgan fingerprint density at radius 2 is 1.49 bits per heavy atom. The number of benzene rings is 3. The zero-order valence-corrected chi connectivity index (χ0v) is 28.2. The Morgan fingerprint density at radius 1 is 0.816 bits per heavy atom. The quantitative estimate of drug-likeness (QED) is 0.105. The second-order valence-electron chi connectivity index (χ2n) is 12.2. The summed E-state index contributed by atoms with van der Waals surface area (Å²) in [6.07, 6.45) is 9.16.